The average Bonchev–Trinajstić information content (AvgIpc) is 2.95. The number of rotatable bonds is 11. The highest BCUT2D eigenvalue weighted by Gasteiger charge is 2.23. The summed E-state index contributed by atoms with van der Waals surface area (Å²) in [5, 5.41) is 3.11. The first-order chi connectivity index (χ1) is 18.2. The number of nitrogens with zero attached hydrogens (tertiary/aromatic N) is 2. The summed E-state index contributed by atoms with van der Waals surface area (Å²) in [5.74, 6) is -0.132. The van der Waals surface area contributed by atoms with Crippen molar-refractivity contribution in [1.29, 1.82) is 0 Å². The Morgan fingerprint density at radius 2 is 1.30 bits per heavy atom. The summed E-state index contributed by atoms with van der Waals surface area (Å²) < 4.78 is 0. The van der Waals surface area contributed by atoms with Crippen LogP contribution in [-0.2, 0) is 9.59 Å². The van der Waals surface area contributed by atoms with Gasteiger partial charge in [-0.05, 0) is 41.8 Å². The van der Waals surface area contributed by atoms with Crippen LogP contribution in [0, 0.1) is 0 Å². The summed E-state index contributed by atoms with van der Waals surface area (Å²) in [5.41, 5.74) is 3.84. The number of piperazine rings is 1. The van der Waals surface area contributed by atoms with E-state index >= 15 is 0 Å². The predicted molar refractivity (Wildman–Crippen MR) is 152 cm³/mol. The molecule has 0 radical (unpaired) electrons. The summed E-state index contributed by atoms with van der Waals surface area (Å²) in [6.07, 6.45) is 6.54. The molecule has 0 aliphatic carbocycles. The van der Waals surface area contributed by atoms with Gasteiger partial charge < -0.3 is 15.1 Å². The molecule has 0 unspecified atom stereocenters. The summed E-state index contributed by atoms with van der Waals surface area (Å²) in [6, 6.07) is 27.8. The van der Waals surface area contributed by atoms with Crippen LogP contribution in [0.5, 0.6) is 0 Å². The van der Waals surface area contributed by atoms with Gasteiger partial charge in [0, 0.05) is 44.0 Å². The molecule has 0 bridgehead atoms. The zero-order valence-electron chi connectivity index (χ0n) is 21.9. The molecule has 5 heteroatoms. The molecule has 3 aromatic carbocycles. The third-order valence-electron chi connectivity index (χ3n) is 7.15. The van der Waals surface area contributed by atoms with E-state index in [-0.39, 0.29) is 11.8 Å². The summed E-state index contributed by atoms with van der Waals surface area (Å²) >= 11 is 0. The monoisotopic (exact) mass is 497 g/mol. The fraction of sp³-hybridized carbons (Fsp3) is 0.375. The van der Waals surface area contributed by atoms with Gasteiger partial charge in [0.1, 0.15) is 0 Å². The van der Waals surface area contributed by atoms with Crippen molar-refractivity contribution in [2.24, 2.45) is 0 Å². The van der Waals surface area contributed by atoms with Crippen molar-refractivity contribution in [1.82, 2.24) is 4.90 Å². The van der Waals surface area contributed by atoms with Crippen molar-refractivity contribution < 1.29 is 9.59 Å². The number of hydrogen-bond donors (Lipinski definition) is 1. The van der Waals surface area contributed by atoms with E-state index in [2.05, 4.69) is 29.3 Å². The number of carbonyl (C=O) groups excluding carboxylic acids is 2. The van der Waals surface area contributed by atoms with E-state index in [0.717, 1.165) is 61.5 Å². The fourth-order valence-corrected chi connectivity index (χ4v) is 5.01. The minimum atomic E-state index is -0.376. The maximum atomic E-state index is 13.4. The Hall–Kier alpha value is -3.60. The van der Waals surface area contributed by atoms with E-state index in [1.807, 2.05) is 77.7 Å². The van der Waals surface area contributed by atoms with Crippen molar-refractivity contribution in [3.8, 4) is 0 Å². The van der Waals surface area contributed by atoms with Gasteiger partial charge in [0.15, 0.2) is 0 Å². The van der Waals surface area contributed by atoms with Crippen molar-refractivity contribution >= 4 is 23.2 Å². The van der Waals surface area contributed by atoms with Gasteiger partial charge in [-0.2, -0.15) is 0 Å². The van der Waals surface area contributed by atoms with Gasteiger partial charge in [0.2, 0.25) is 11.8 Å². The van der Waals surface area contributed by atoms with E-state index in [9.17, 15) is 9.59 Å². The second kappa shape index (κ2) is 13.6. The SMILES string of the molecule is CCCCCCCC(=O)N1CCN(c2ccc(NC(=O)C(c3ccccc3)c3ccccc3)cc2)CC1. The summed E-state index contributed by atoms with van der Waals surface area (Å²) in [4.78, 5) is 30.2. The van der Waals surface area contributed by atoms with Crippen molar-refractivity contribution in [3.05, 3.63) is 96.1 Å². The Bertz CT molecular complexity index is 1070. The normalized spacial score (nSPS) is 13.6. The molecule has 0 aromatic heterocycles. The Balaban J connectivity index is 1.31. The topological polar surface area (TPSA) is 52.7 Å². The Labute approximate surface area is 221 Å². The van der Waals surface area contributed by atoms with Crippen LogP contribution in [0.3, 0.4) is 0 Å². The lowest BCUT2D eigenvalue weighted by Crippen LogP contribution is -2.48. The number of carbonyl (C=O) groups is 2. The molecule has 1 N–H and O–H groups in total. The van der Waals surface area contributed by atoms with Crippen LogP contribution >= 0.6 is 0 Å². The van der Waals surface area contributed by atoms with Crippen molar-refractivity contribution in [2.75, 3.05) is 36.4 Å². The number of hydrogen-bond acceptors (Lipinski definition) is 3. The molecule has 1 fully saturated rings. The average molecular weight is 498 g/mol. The first-order valence-corrected chi connectivity index (χ1v) is 13.7. The number of anilines is 2. The van der Waals surface area contributed by atoms with Crippen LogP contribution in [0.15, 0.2) is 84.9 Å². The molecule has 37 heavy (non-hydrogen) atoms. The zero-order chi connectivity index (χ0) is 25.9. The van der Waals surface area contributed by atoms with Gasteiger partial charge in [-0.25, -0.2) is 0 Å². The number of benzene rings is 3. The Morgan fingerprint density at radius 3 is 1.86 bits per heavy atom. The molecule has 0 saturated carbocycles. The molecule has 194 valence electrons. The van der Waals surface area contributed by atoms with Gasteiger partial charge in [0.05, 0.1) is 5.92 Å². The molecule has 1 saturated heterocycles. The van der Waals surface area contributed by atoms with Gasteiger partial charge in [0.25, 0.3) is 0 Å². The second-order valence-electron chi connectivity index (χ2n) is 9.82. The first kappa shape index (κ1) is 26.5. The van der Waals surface area contributed by atoms with Crippen LogP contribution in [0.25, 0.3) is 0 Å². The second-order valence-corrected chi connectivity index (χ2v) is 9.82. The van der Waals surface area contributed by atoms with Gasteiger partial charge in [-0.15, -0.1) is 0 Å². The van der Waals surface area contributed by atoms with E-state index in [1.54, 1.807) is 0 Å². The molecule has 5 nitrogen and oxygen atoms in total. The quantitative estimate of drug-likeness (QED) is 0.309. The molecule has 0 atom stereocenters. The summed E-state index contributed by atoms with van der Waals surface area (Å²) in [7, 11) is 0. The Morgan fingerprint density at radius 1 is 0.730 bits per heavy atom. The highest BCUT2D eigenvalue weighted by atomic mass is 16.2. The molecular formula is C32H39N3O2. The van der Waals surface area contributed by atoms with E-state index < -0.39 is 0 Å². The molecular weight excluding hydrogens is 458 g/mol. The van der Waals surface area contributed by atoms with Crippen LogP contribution < -0.4 is 10.2 Å². The minimum absolute atomic E-state index is 0.0491. The lowest BCUT2D eigenvalue weighted by atomic mass is 9.90. The third-order valence-corrected chi connectivity index (χ3v) is 7.15. The molecule has 3 aromatic rings. The van der Waals surface area contributed by atoms with E-state index in [4.69, 9.17) is 0 Å². The first-order valence-electron chi connectivity index (χ1n) is 13.7. The zero-order valence-corrected chi connectivity index (χ0v) is 21.9. The fourth-order valence-electron chi connectivity index (χ4n) is 5.01. The van der Waals surface area contributed by atoms with Crippen LogP contribution in [0.4, 0.5) is 11.4 Å². The van der Waals surface area contributed by atoms with Gasteiger partial charge in [-0.3, -0.25) is 9.59 Å². The molecule has 0 spiro atoms. The van der Waals surface area contributed by atoms with E-state index in [1.165, 1.54) is 19.3 Å². The smallest absolute Gasteiger partial charge is 0.236 e. The molecule has 2 amide bonds. The van der Waals surface area contributed by atoms with Crippen molar-refractivity contribution in [2.45, 2.75) is 51.4 Å². The Kier molecular flexibility index (Phi) is 9.75. The molecule has 4 rings (SSSR count). The third kappa shape index (κ3) is 7.45. The van der Waals surface area contributed by atoms with E-state index in [0.29, 0.717) is 12.3 Å². The molecule has 1 aliphatic rings. The predicted octanol–water partition coefficient (Wildman–Crippen LogP) is 6.47. The van der Waals surface area contributed by atoms with Crippen LogP contribution in [0.1, 0.15) is 62.5 Å². The van der Waals surface area contributed by atoms with Gasteiger partial charge in [-0.1, -0.05) is 93.3 Å². The largest absolute Gasteiger partial charge is 0.368 e. The molecule has 1 aliphatic heterocycles. The number of nitrogens with one attached hydrogen (secondary N) is 1. The molecule has 1 heterocycles. The maximum absolute atomic E-state index is 13.4. The lowest BCUT2D eigenvalue weighted by molar-refractivity contribution is -0.131. The highest BCUT2D eigenvalue weighted by Crippen LogP contribution is 2.27. The van der Waals surface area contributed by atoms with Crippen LogP contribution in [0.2, 0.25) is 0 Å². The minimum Gasteiger partial charge on any atom is -0.368 e. The van der Waals surface area contributed by atoms with Crippen LogP contribution in [-0.4, -0.2) is 42.9 Å². The maximum Gasteiger partial charge on any atom is 0.236 e. The highest BCUT2D eigenvalue weighted by molar-refractivity contribution is 5.98. The summed E-state index contributed by atoms with van der Waals surface area (Å²) in [6.45, 7) is 5.40. The standard InChI is InChI=1S/C32H39N3O2/c1-2-3-4-5-12-17-30(36)35-24-22-34(23-25-35)29-20-18-28(19-21-29)33-32(37)31(26-13-8-6-9-14-26)27-15-10-7-11-16-27/h6-11,13-16,18-21,31H,2-5,12,17,22-25H2,1H3,(H,33,37). The lowest BCUT2D eigenvalue weighted by Gasteiger charge is -2.36. The van der Waals surface area contributed by atoms with Gasteiger partial charge >= 0.3 is 0 Å². The number of unbranched alkanes of at least 4 members (excludes halogenated alkanes) is 4. The number of amides is 2. The van der Waals surface area contributed by atoms with Crippen molar-refractivity contribution in [3.63, 3.8) is 0 Å².